The Hall–Kier alpha value is -2.38. The molecule has 0 bridgehead atoms. The molecule has 510 valence electrons. The summed E-state index contributed by atoms with van der Waals surface area (Å²) in [5.74, 6) is -1.19. The van der Waals surface area contributed by atoms with E-state index in [4.69, 9.17) is 14.2 Å². The topological polar surface area (TPSA) is 175 Å². The van der Waals surface area contributed by atoms with Crippen molar-refractivity contribution in [1.29, 1.82) is 0 Å². The summed E-state index contributed by atoms with van der Waals surface area (Å²) in [4.78, 5) is 26.7. The number of carbonyl (C=O) groups is 2. The van der Waals surface area contributed by atoms with Gasteiger partial charge in [0.15, 0.2) is 12.4 Å². The summed E-state index contributed by atoms with van der Waals surface area (Å²) in [5, 5.41) is 57.3. The molecule has 0 radical (unpaired) electrons. The highest BCUT2D eigenvalue weighted by molar-refractivity contribution is 5.80. The molecule has 0 spiro atoms. The number of rotatable bonds is 65. The zero-order valence-corrected chi connectivity index (χ0v) is 56.9. The summed E-state index contributed by atoms with van der Waals surface area (Å²) in [6, 6.07) is -1.02. The normalized spacial score (nSPS) is 18.5. The molecule has 1 aliphatic heterocycles. The van der Waals surface area contributed by atoms with Crippen LogP contribution in [0.5, 0.6) is 0 Å². The minimum atomic E-state index is -1.62. The second-order valence-corrected chi connectivity index (χ2v) is 26.0. The first-order valence-electron chi connectivity index (χ1n) is 37.4. The molecular formula is C76H141NO10. The van der Waals surface area contributed by atoms with E-state index in [2.05, 4.69) is 62.5 Å². The number of carbonyl (C=O) groups excluding carboxylic acids is 2. The number of unbranched alkanes of at least 4 members (excludes halogenated alkanes) is 45. The predicted octanol–water partition coefficient (Wildman–Crippen LogP) is 19.5. The van der Waals surface area contributed by atoms with E-state index in [1.807, 2.05) is 6.08 Å². The molecule has 8 unspecified atom stereocenters. The summed E-state index contributed by atoms with van der Waals surface area (Å²) < 4.78 is 17.7. The maximum atomic E-state index is 13.5. The quantitative estimate of drug-likeness (QED) is 0.0195. The van der Waals surface area contributed by atoms with Gasteiger partial charge in [-0.25, -0.2) is 0 Å². The van der Waals surface area contributed by atoms with Gasteiger partial charge < -0.3 is 45.1 Å². The third-order valence-electron chi connectivity index (χ3n) is 17.7. The van der Waals surface area contributed by atoms with Crippen LogP contribution < -0.4 is 5.32 Å². The van der Waals surface area contributed by atoms with Crippen molar-refractivity contribution in [3.63, 3.8) is 0 Å². The van der Waals surface area contributed by atoms with E-state index in [0.29, 0.717) is 19.3 Å². The molecule has 0 aliphatic carbocycles. The second-order valence-electron chi connectivity index (χ2n) is 26.0. The third-order valence-corrected chi connectivity index (χ3v) is 17.7. The number of aliphatic hydroxyl groups is 5. The van der Waals surface area contributed by atoms with E-state index in [1.165, 1.54) is 231 Å². The fourth-order valence-electron chi connectivity index (χ4n) is 11.8. The van der Waals surface area contributed by atoms with Crippen molar-refractivity contribution in [1.82, 2.24) is 5.32 Å². The van der Waals surface area contributed by atoms with Crippen LogP contribution in [-0.2, 0) is 23.8 Å². The van der Waals surface area contributed by atoms with Gasteiger partial charge in [-0.05, 0) is 64.2 Å². The van der Waals surface area contributed by atoms with Crippen molar-refractivity contribution >= 4 is 11.9 Å². The monoisotopic (exact) mass is 1230 g/mol. The Labute approximate surface area is 536 Å². The molecule has 1 saturated heterocycles. The van der Waals surface area contributed by atoms with E-state index >= 15 is 0 Å². The molecule has 87 heavy (non-hydrogen) atoms. The van der Waals surface area contributed by atoms with Gasteiger partial charge in [0.2, 0.25) is 5.91 Å². The molecule has 1 aliphatic rings. The van der Waals surface area contributed by atoms with Crippen molar-refractivity contribution in [3.05, 3.63) is 48.6 Å². The number of hydrogen-bond donors (Lipinski definition) is 6. The number of allylic oxidation sites excluding steroid dienone is 7. The number of esters is 1. The number of hydrogen-bond acceptors (Lipinski definition) is 10. The Kier molecular flexibility index (Phi) is 60.6. The van der Waals surface area contributed by atoms with E-state index in [0.717, 1.165) is 83.5 Å². The standard InChI is InChI=1S/C76H141NO10/c1-4-7-10-13-16-19-22-24-26-28-30-32-33-34-35-36-38-39-41-43-45-48-51-54-57-60-63-69(80)75(84)77-67(68(79)62-59-56-53-50-47-21-18-15-12-9-6-3)66-85-76-74(73(83)72(82)70(65-78)86-76)87-71(81)64-61-58-55-52-49-46-44-42-40-37-31-29-27-25-23-20-17-14-11-8-5-2/h17,20,25,27,31,37,59,62,67-70,72-74,76,78-80,82-83H,4-16,18-19,21-24,26,28-30,32-36,38-58,60-61,63-66H2,1-3H3,(H,77,84)/b20-17-,27-25-,37-31-,62-59+. The lowest BCUT2D eigenvalue weighted by Gasteiger charge is -2.41. The summed E-state index contributed by atoms with van der Waals surface area (Å²) >= 11 is 0. The largest absolute Gasteiger partial charge is 0.454 e. The molecule has 0 saturated carbocycles. The van der Waals surface area contributed by atoms with E-state index in [9.17, 15) is 35.1 Å². The highest BCUT2D eigenvalue weighted by atomic mass is 16.7. The van der Waals surface area contributed by atoms with Crippen molar-refractivity contribution in [3.8, 4) is 0 Å². The van der Waals surface area contributed by atoms with Crippen LogP contribution in [0.2, 0.25) is 0 Å². The number of nitrogens with one attached hydrogen (secondary N) is 1. The zero-order chi connectivity index (χ0) is 63.1. The summed E-state index contributed by atoms with van der Waals surface area (Å²) in [7, 11) is 0. The van der Waals surface area contributed by atoms with Crippen molar-refractivity contribution in [2.24, 2.45) is 0 Å². The van der Waals surface area contributed by atoms with Crippen molar-refractivity contribution in [2.45, 2.75) is 410 Å². The van der Waals surface area contributed by atoms with Gasteiger partial charge in [-0.2, -0.15) is 0 Å². The van der Waals surface area contributed by atoms with Crippen LogP contribution in [0.3, 0.4) is 0 Å². The lowest BCUT2D eigenvalue weighted by Crippen LogP contribution is -2.61. The number of amides is 1. The highest BCUT2D eigenvalue weighted by Crippen LogP contribution is 2.27. The van der Waals surface area contributed by atoms with Crippen molar-refractivity contribution in [2.75, 3.05) is 13.2 Å². The average Bonchev–Trinajstić information content (AvgIpc) is 3.60. The smallest absolute Gasteiger partial charge is 0.306 e. The van der Waals surface area contributed by atoms with E-state index < -0.39 is 67.4 Å². The molecule has 1 heterocycles. The van der Waals surface area contributed by atoms with Gasteiger partial charge in [-0.15, -0.1) is 0 Å². The Morgan fingerprint density at radius 1 is 0.448 bits per heavy atom. The first kappa shape index (κ1) is 82.6. The molecule has 1 rings (SSSR count). The molecule has 6 N–H and O–H groups in total. The fourth-order valence-corrected chi connectivity index (χ4v) is 11.8. The van der Waals surface area contributed by atoms with Gasteiger partial charge in [0.05, 0.1) is 25.4 Å². The molecule has 0 aromatic carbocycles. The molecule has 0 aromatic rings. The Morgan fingerprint density at radius 3 is 1.21 bits per heavy atom. The lowest BCUT2D eigenvalue weighted by atomic mass is 9.99. The summed E-state index contributed by atoms with van der Waals surface area (Å²) in [5.41, 5.74) is 0. The van der Waals surface area contributed by atoms with Crippen LogP contribution in [0.1, 0.15) is 361 Å². The maximum Gasteiger partial charge on any atom is 0.306 e. The van der Waals surface area contributed by atoms with Gasteiger partial charge >= 0.3 is 5.97 Å². The average molecular weight is 1230 g/mol. The van der Waals surface area contributed by atoms with Gasteiger partial charge in [0.1, 0.15) is 24.4 Å². The van der Waals surface area contributed by atoms with E-state index in [-0.39, 0.29) is 13.0 Å². The Morgan fingerprint density at radius 2 is 0.793 bits per heavy atom. The molecule has 0 aromatic heterocycles. The predicted molar refractivity (Wildman–Crippen MR) is 366 cm³/mol. The Balaban J connectivity index is 2.51. The van der Waals surface area contributed by atoms with Crippen LogP contribution in [-0.4, -0.2) is 99.6 Å². The van der Waals surface area contributed by atoms with Gasteiger partial charge in [0.25, 0.3) is 0 Å². The molecule has 11 nitrogen and oxygen atoms in total. The minimum Gasteiger partial charge on any atom is -0.454 e. The molecule has 8 atom stereocenters. The molecule has 1 amide bonds. The van der Waals surface area contributed by atoms with Crippen LogP contribution in [0, 0.1) is 0 Å². The van der Waals surface area contributed by atoms with Gasteiger partial charge in [-0.1, -0.05) is 339 Å². The van der Waals surface area contributed by atoms with Gasteiger partial charge in [-0.3, -0.25) is 9.59 Å². The number of aliphatic hydroxyl groups excluding tert-OH is 5. The zero-order valence-electron chi connectivity index (χ0n) is 56.9. The summed E-state index contributed by atoms with van der Waals surface area (Å²) in [6.45, 7) is 5.81. The second kappa shape index (κ2) is 63.8. The lowest BCUT2D eigenvalue weighted by molar-refractivity contribution is -0.305. The molecular weight excluding hydrogens is 1090 g/mol. The molecule has 11 heteroatoms. The first-order chi connectivity index (χ1) is 42.7. The Bertz CT molecular complexity index is 1600. The first-order valence-corrected chi connectivity index (χ1v) is 37.4. The SMILES string of the molecule is CCCCC/C=C\C/C=C\C/C=C\CCCCCCCCCCC(=O)OC1C(OCC(NC(=O)C(O)CCCCCCCCCCCCCCCCCCCCCCCCCCCC)C(O)/C=C/CCCCCCCCCCC)OC(CO)C(O)C1O. The van der Waals surface area contributed by atoms with Gasteiger partial charge in [0, 0.05) is 6.42 Å². The van der Waals surface area contributed by atoms with Crippen LogP contribution >= 0.6 is 0 Å². The number of ether oxygens (including phenoxy) is 3. The highest BCUT2D eigenvalue weighted by Gasteiger charge is 2.47. The summed E-state index contributed by atoms with van der Waals surface area (Å²) in [6.07, 6.45) is 70.2. The van der Waals surface area contributed by atoms with Crippen molar-refractivity contribution < 1.29 is 49.3 Å². The van der Waals surface area contributed by atoms with E-state index in [1.54, 1.807) is 6.08 Å². The van der Waals surface area contributed by atoms with Crippen LogP contribution in [0.15, 0.2) is 48.6 Å². The fraction of sp³-hybridized carbons (Fsp3) is 0.868. The van der Waals surface area contributed by atoms with Crippen LogP contribution in [0.25, 0.3) is 0 Å². The minimum absolute atomic E-state index is 0.117. The third kappa shape index (κ3) is 50.9. The maximum absolute atomic E-state index is 13.5. The van der Waals surface area contributed by atoms with Crippen LogP contribution in [0.4, 0.5) is 0 Å². The molecule has 1 fully saturated rings.